The van der Waals surface area contributed by atoms with Gasteiger partial charge in [-0.05, 0) is 0 Å². The minimum atomic E-state index is 0. The van der Waals surface area contributed by atoms with Crippen molar-refractivity contribution in [3.8, 4) is 0 Å². The molecule has 2 N–H and O–H groups in total. The van der Waals surface area contributed by atoms with Crippen LogP contribution in [0.1, 0.15) is 0 Å². The molecule has 4 heavy (non-hydrogen) atoms. The van der Waals surface area contributed by atoms with E-state index in [2.05, 4.69) is 0 Å². The normalized spacial score (nSPS) is 0. The van der Waals surface area contributed by atoms with Gasteiger partial charge >= 0.3 is 84.1 Å². The Labute approximate surface area is 87.7 Å². The van der Waals surface area contributed by atoms with Crippen LogP contribution in [-0.4, -0.2) is 89.6 Å². The van der Waals surface area contributed by atoms with Crippen LogP contribution >= 0.6 is 0 Å². The predicted molar refractivity (Wildman–Crippen MR) is 29.2 cm³/mol. The summed E-state index contributed by atoms with van der Waals surface area (Å²) in [5, 5.41) is 0. The van der Waals surface area contributed by atoms with Crippen molar-refractivity contribution in [1.29, 1.82) is 0 Å². The first-order chi connectivity index (χ1) is 0. The molecule has 0 radical (unpaired) electrons. The average Bonchev–Trinajstić information content (AvgIpc) is 0. The summed E-state index contributed by atoms with van der Waals surface area (Å²) in [6.45, 7) is 0. The molecule has 0 unspecified atom stereocenters. The van der Waals surface area contributed by atoms with Crippen LogP contribution < -0.4 is 0 Å². The molecule has 4 heteroatoms. The molecule has 0 aliphatic carbocycles. The van der Waals surface area contributed by atoms with Gasteiger partial charge in [0.2, 0.25) is 0 Å². The topological polar surface area (TPSA) is 31.5 Å². The molecule has 0 rings (SSSR count). The molecule has 1 nitrogen and oxygen atoms in total. The fraction of sp³-hybridized carbons (Fsp3) is 0. The molecule has 0 aliphatic rings. The first kappa shape index (κ1) is 30.0. The molecule has 0 aromatic rings. The Morgan fingerprint density at radius 2 is 1.00 bits per heavy atom. The van der Waals surface area contributed by atoms with E-state index in [9.17, 15) is 0 Å². The number of rotatable bonds is 0. The Bertz CT molecular complexity index is 8.00. The van der Waals surface area contributed by atoms with Gasteiger partial charge in [-0.25, -0.2) is 0 Å². The van der Waals surface area contributed by atoms with E-state index in [-0.39, 0.29) is 89.6 Å². The van der Waals surface area contributed by atoms with Gasteiger partial charge in [0.15, 0.2) is 0 Å². The molecule has 20 valence electrons. The van der Waals surface area contributed by atoms with Gasteiger partial charge in [-0.15, -0.1) is 0 Å². The van der Waals surface area contributed by atoms with Crippen LogP contribution in [-0.2, 0) is 0 Å². The van der Waals surface area contributed by atoms with Gasteiger partial charge < -0.3 is 5.48 Å². The third kappa shape index (κ3) is 8.82. The molecule has 0 saturated carbocycles. The molecular formula is H8GaLiOSr. The van der Waals surface area contributed by atoms with E-state index in [4.69, 9.17) is 0 Å². The summed E-state index contributed by atoms with van der Waals surface area (Å²) in [7, 11) is 0. The van der Waals surface area contributed by atoms with Crippen molar-refractivity contribution in [1.82, 2.24) is 0 Å². The average molecular weight is 188 g/mol. The molecule has 0 heterocycles. The standard InChI is InChI=1S/Ga.Li.H2O.Sr.6H/h;;1H2;;;;;;;. The van der Waals surface area contributed by atoms with E-state index in [1.165, 1.54) is 0 Å². The third-order valence-corrected chi connectivity index (χ3v) is 0. The van der Waals surface area contributed by atoms with Gasteiger partial charge in [0.05, 0.1) is 0 Å². The molecule has 0 amide bonds. The van der Waals surface area contributed by atoms with Gasteiger partial charge in [0, 0.05) is 0 Å². The maximum atomic E-state index is 0. The Morgan fingerprint density at radius 3 is 1.00 bits per heavy atom. The molecule has 0 spiro atoms. The van der Waals surface area contributed by atoms with Crippen molar-refractivity contribution in [3.05, 3.63) is 0 Å². The van der Waals surface area contributed by atoms with Crippen LogP contribution in [0.5, 0.6) is 0 Å². The maximum absolute atomic E-state index is 0. The summed E-state index contributed by atoms with van der Waals surface area (Å²) >= 11 is 0. The second-order valence-electron chi connectivity index (χ2n) is 0. The summed E-state index contributed by atoms with van der Waals surface area (Å²) < 4.78 is 0. The van der Waals surface area contributed by atoms with E-state index < -0.39 is 0 Å². The molecule has 0 aromatic heterocycles. The van der Waals surface area contributed by atoms with Crippen LogP contribution in [0.15, 0.2) is 0 Å². The Balaban J connectivity index is 0. The summed E-state index contributed by atoms with van der Waals surface area (Å²) in [4.78, 5) is 0. The molecule has 0 saturated heterocycles. The molecule has 0 bridgehead atoms. The first-order valence-corrected chi connectivity index (χ1v) is 0. The summed E-state index contributed by atoms with van der Waals surface area (Å²) in [5.74, 6) is 0. The third-order valence-electron chi connectivity index (χ3n) is 0. The predicted octanol–water partition coefficient (Wildman–Crippen LogP) is -3.57. The summed E-state index contributed by atoms with van der Waals surface area (Å²) in [5.41, 5.74) is 0. The van der Waals surface area contributed by atoms with Crippen LogP contribution in [0.2, 0.25) is 0 Å². The van der Waals surface area contributed by atoms with Crippen molar-refractivity contribution < 1.29 is 5.48 Å². The van der Waals surface area contributed by atoms with E-state index >= 15 is 0 Å². The van der Waals surface area contributed by atoms with Crippen LogP contribution in [0.4, 0.5) is 0 Å². The van der Waals surface area contributed by atoms with Crippen LogP contribution in [0, 0.1) is 0 Å². The van der Waals surface area contributed by atoms with Gasteiger partial charge in [-0.1, -0.05) is 0 Å². The quantitative estimate of drug-likeness (QED) is 0.352. The summed E-state index contributed by atoms with van der Waals surface area (Å²) in [6.07, 6.45) is 0. The Kier molecular flexibility index (Phi) is 130. The zero-order chi connectivity index (χ0) is 0. The zero-order valence-corrected chi connectivity index (χ0v) is 0.500. The van der Waals surface area contributed by atoms with Gasteiger partial charge in [0.25, 0.3) is 0 Å². The van der Waals surface area contributed by atoms with E-state index in [0.29, 0.717) is 0 Å². The van der Waals surface area contributed by atoms with Crippen LogP contribution in [0.3, 0.4) is 0 Å². The van der Waals surface area contributed by atoms with Crippen molar-refractivity contribution in [2.45, 2.75) is 0 Å². The number of hydrogen-bond donors (Lipinski definition) is 0. The fourth-order valence-electron chi connectivity index (χ4n) is 0. The van der Waals surface area contributed by atoms with E-state index in [1.807, 2.05) is 0 Å². The van der Waals surface area contributed by atoms with Gasteiger partial charge in [-0.2, -0.15) is 0 Å². The molecule has 0 aromatic carbocycles. The molecular weight excluding hydrogens is 180 g/mol. The molecule has 0 aliphatic heterocycles. The van der Waals surface area contributed by atoms with Gasteiger partial charge in [-0.3, -0.25) is 0 Å². The first-order valence-electron chi connectivity index (χ1n) is 0. The van der Waals surface area contributed by atoms with Crippen molar-refractivity contribution in [2.75, 3.05) is 0 Å². The number of hydrogen-bond acceptors (Lipinski definition) is 0. The van der Waals surface area contributed by atoms with Crippen molar-refractivity contribution >= 4 is 84.1 Å². The summed E-state index contributed by atoms with van der Waals surface area (Å²) in [6, 6.07) is 0. The van der Waals surface area contributed by atoms with E-state index in [0.717, 1.165) is 0 Å². The fourth-order valence-corrected chi connectivity index (χ4v) is 0. The van der Waals surface area contributed by atoms with E-state index in [1.54, 1.807) is 0 Å². The zero-order valence-electron chi connectivity index (χ0n) is 0.500. The SMILES string of the molecule is O.[GaH3].[LiH].[SrH2]. The van der Waals surface area contributed by atoms with Crippen molar-refractivity contribution in [2.24, 2.45) is 0 Å². The monoisotopic (exact) mass is 188 g/mol. The minimum absolute atomic E-state index is 0. The second-order valence-corrected chi connectivity index (χ2v) is 0. The van der Waals surface area contributed by atoms with Crippen molar-refractivity contribution in [3.63, 3.8) is 0 Å². The molecule has 0 atom stereocenters. The van der Waals surface area contributed by atoms with Crippen LogP contribution in [0.25, 0.3) is 0 Å². The Hall–Kier alpha value is 2.67. The second kappa shape index (κ2) is 17.3. The molecule has 0 fully saturated rings. The van der Waals surface area contributed by atoms with Gasteiger partial charge in [0.1, 0.15) is 0 Å². The Morgan fingerprint density at radius 1 is 1.00 bits per heavy atom.